The Hall–Kier alpha value is -0.890. The Bertz CT molecular complexity index is 142. The van der Waals surface area contributed by atoms with E-state index in [1.165, 1.54) is 6.42 Å². The predicted octanol–water partition coefficient (Wildman–Crippen LogP) is 2.77. The van der Waals surface area contributed by atoms with E-state index in [1.54, 1.807) is 12.2 Å². The van der Waals surface area contributed by atoms with Crippen LogP contribution < -0.4 is 5.73 Å². The van der Waals surface area contributed by atoms with E-state index in [9.17, 15) is 0 Å². The Morgan fingerprint density at radius 1 is 1.58 bits per heavy atom. The molecule has 0 heterocycles. The second-order valence-corrected chi connectivity index (χ2v) is 2.30. The van der Waals surface area contributed by atoms with Gasteiger partial charge in [-0.3, -0.25) is 4.99 Å². The summed E-state index contributed by atoms with van der Waals surface area (Å²) in [4.78, 5) is 3.73. The van der Waals surface area contributed by atoms with Gasteiger partial charge in [0.1, 0.15) is 0 Å². The zero-order valence-corrected chi connectivity index (χ0v) is 8.21. The smallest absolute Gasteiger partial charge is 0.0408 e. The maximum absolute atomic E-state index is 5.27. The fourth-order valence-corrected chi connectivity index (χ4v) is 0.499. The monoisotopic (exact) mass is 170 g/mol. The lowest BCUT2D eigenvalue weighted by atomic mass is 10.3. The first kappa shape index (κ1) is 13.7. The standard InChI is InChI=1S/C7H12N2.C3H8.H2/c1-3-4-7(9-2)5-6-8;1-3-2;/h3-4H,1-2,5-6,8H2;3H2,1-2H3;1H/b7-4-;;. The number of hydrogen-bond acceptors (Lipinski definition) is 2. The second-order valence-electron chi connectivity index (χ2n) is 2.30. The van der Waals surface area contributed by atoms with Gasteiger partial charge in [-0.1, -0.05) is 32.9 Å². The molecular weight excluding hydrogens is 148 g/mol. The SMILES string of the molecule is C=C/C=C(/CCN)N=C.CCC.[HH]. The molecule has 2 nitrogen and oxygen atoms in total. The normalized spacial score (nSPS) is 9.75. The lowest BCUT2D eigenvalue weighted by Crippen LogP contribution is -1.98. The highest BCUT2D eigenvalue weighted by molar-refractivity contribution is 5.29. The molecule has 0 saturated carbocycles. The molecule has 2 heteroatoms. The van der Waals surface area contributed by atoms with Crippen LogP contribution in [0.1, 0.15) is 28.1 Å². The first-order valence-electron chi connectivity index (χ1n) is 4.25. The van der Waals surface area contributed by atoms with Crippen molar-refractivity contribution in [3.63, 3.8) is 0 Å². The summed E-state index contributed by atoms with van der Waals surface area (Å²) in [5, 5.41) is 0. The van der Waals surface area contributed by atoms with Gasteiger partial charge in [0.15, 0.2) is 0 Å². The van der Waals surface area contributed by atoms with E-state index < -0.39 is 0 Å². The van der Waals surface area contributed by atoms with Crippen LogP contribution in [-0.2, 0) is 0 Å². The Labute approximate surface area is 77.4 Å². The summed E-state index contributed by atoms with van der Waals surface area (Å²) in [6, 6.07) is 0. The van der Waals surface area contributed by atoms with Crippen LogP contribution in [0.2, 0.25) is 0 Å². The summed E-state index contributed by atoms with van der Waals surface area (Å²) in [6.45, 7) is 11.8. The van der Waals surface area contributed by atoms with Gasteiger partial charge in [-0.2, -0.15) is 0 Å². The van der Waals surface area contributed by atoms with Crippen molar-refractivity contribution in [1.82, 2.24) is 0 Å². The molecule has 2 N–H and O–H groups in total. The molecule has 12 heavy (non-hydrogen) atoms. The molecule has 0 aromatic carbocycles. The summed E-state index contributed by atoms with van der Waals surface area (Å²) in [5.41, 5.74) is 6.17. The number of nitrogens with two attached hydrogens (primary N) is 1. The van der Waals surface area contributed by atoms with E-state index in [1.807, 2.05) is 0 Å². The molecule has 0 amide bonds. The van der Waals surface area contributed by atoms with Gasteiger partial charge in [0.05, 0.1) is 0 Å². The number of nitrogens with zero attached hydrogens (tertiary/aromatic N) is 1. The van der Waals surface area contributed by atoms with Crippen molar-refractivity contribution in [1.29, 1.82) is 0 Å². The average molecular weight is 170 g/mol. The summed E-state index contributed by atoms with van der Waals surface area (Å²) in [5.74, 6) is 0. The predicted molar refractivity (Wildman–Crippen MR) is 59.6 cm³/mol. The molecule has 0 aromatic rings. The second kappa shape index (κ2) is 12.8. The van der Waals surface area contributed by atoms with E-state index in [-0.39, 0.29) is 1.43 Å². The van der Waals surface area contributed by atoms with E-state index in [0.29, 0.717) is 6.54 Å². The summed E-state index contributed by atoms with van der Waals surface area (Å²) in [7, 11) is 0. The molecule has 0 saturated heterocycles. The molecule has 0 atom stereocenters. The fraction of sp³-hybridized carbons (Fsp3) is 0.500. The lowest BCUT2D eigenvalue weighted by molar-refractivity contribution is 0.939. The van der Waals surface area contributed by atoms with Crippen LogP contribution in [0.3, 0.4) is 0 Å². The van der Waals surface area contributed by atoms with Gasteiger partial charge in [0.2, 0.25) is 0 Å². The minimum atomic E-state index is 0. The van der Waals surface area contributed by atoms with Gasteiger partial charge in [0.25, 0.3) is 0 Å². The van der Waals surface area contributed by atoms with Crippen molar-refractivity contribution in [3.8, 4) is 0 Å². The van der Waals surface area contributed by atoms with Crippen molar-refractivity contribution in [3.05, 3.63) is 24.4 Å². The van der Waals surface area contributed by atoms with Crippen molar-refractivity contribution in [2.24, 2.45) is 10.7 Å². The van der Waals surface area contributed by atoms with Gasteiger partial charge >= 0.3 is 0 Å². The summed E-state index contributed by atoms with van der Waals surface area (Å²) in [6.07, 6.45) is 5.51. The lowest BCUT2D eigenvalue weighted by Gasteiger charge is -1.93. The molecular formula is C10H22N2. The van der Waals surface area contributed by atoms with Crippen LogP contribution in [0, 0.1) is 0 Å². The van der Waals surface area contributed by atoms with Crippen molar-refractivity contribution in [2.75, 3.05) is 6.54 Å². The molecule has 0 aromatic heterocycles. The fourth-order valence-electron chi connectivity index (χ4n) is 0.499. The van der Waals surface area contributed by atoms with Gasteiger partial charge < -0.3 is 5.73 Å². The highest BCUT2D eigenvalue weighted by atomic mass is 14.7. The van der Waals surface area contributed by atoms with Crippen LogP contribution in [0.25, 0.3) is 0 Å². The maximum atomic E-state index is 5.27. The molecule has 0 spiro atoms. The molecule has 0 aliphatic heterocycles. The third-order valence-corrected chi connectivity index (χ3v) is 0.914. The van der Waals surface area contributed by atoms with E-state index in [2.05, 4.69) is 32.1 Å². The summed E-state index contributed by atoms with van der Waals surface area (Å²) < 4.78 is 0. The first-order chi connectivity index (χ1) is 5.76. The minimum absolute atomic E-state index is 0. The van der Waals surface area contributed by atoms with Crippen molar-refractivity contribution >= 4 is 6.72 Å². The number of hydrogen-bond donors (Lipinski definition) is 1. The average Bonchev–Trinajstić information content (AvgIpc) is 2.05. The van der Waals surface area contributed by atoms with Crippen LogP contribution in [0.4, 0.5) is 0 Å². The topological polar surface area (TPSA) is 38.4 Å². The Morgan fingerprint density at radius 3 is 2.33 bits per heavy atom. The molecule has 0 fully saturated rings. The number of allylic oxidation sites excluding steroid dienone is 2. The zero-order chi connectivity index (χ0) is 9.82. The molecule has 72 valence electrons. The Kier molecular flexibility index (Phi) is 14.5. The highest BCUT2D eigenvalue weighted by Crippen LogP contribution is 1.99. The Balaban J connectivity index is -0.000000220. The van der Waals surface area contributed by atoms with Crippen LogP contribution in [0.5, 0.6) is 0 Å². The van der Waals surface area contributed by atoms with Crippen molar-refractivity contribution in [2.45, 2.75) is 26.7 Å². The van der Waals surface area contributed by atoms with Gasteiger partial charge in [0, 0.05) is 13.5 Å². The highest BCUT2D eigenvalue weighted by Gasteiger charge is 1.86. The minimum Gasteiger partial charge on any atom is -0.330 e. The number of aliphatic imine (C=N–C) groups is 1. The molecule has 0 rings (SSSR count). The first-order valence-corrected chi connectivity index (χ1v) is 4.25. The molecule has 0 unspecified atom stereocenters. The quantitative estimate of drug-likeness (QED) is 0.511. The van der Waals surface area contributed by atoms with Crippen LogP contribution in [0.15, 0.2) is 29.4 Å². The zero-order valence-electron chi connectivity index (χ0n) is 8.21. The third kappa shape index (κ3) is 11.9. The van der Waals surface area contributed by atoms with Gasteiger partial charge in [-0.05, 0) is 19.3 Å². The third-order valence-electron chi connectivity index (χ3n) is 0.914. The largest absolute Gasteiger partial charge is 0.330 e. The molecule has 0 aliphatic rings. The molecule has 0 aliphatic carbocycles. The van der Waals surface area contributed by atoms with Gasteiger partial charge in [-0.25, -0.2) is 0 Å². The molecule has 0 radical (unpaired) electrons. The van der Waals surface area contributed by atoms with Crippen LogP contribution >= 0.6 is 0 Å². The number of rotatable bonds is 4. The van der Waals surface area contributed by atoms with E-state index in [4.69, 9.17) is 5.73 Å². The molecule has 0 bridgehead atoms. The van der Waals surface area contributed by atoms with Gasteiger partial charge in [-0.15, -0.1) is 0 Å². The van der Waals surface area contributed by atoms with Crippen LogP contribution in [-0.4, -0.2) is 13.3 Å². The van der Waals surface area contributed by atoms with E-state index >= 15 is 0 Å². The summed E-state index contributed by atoms with van der Waals surface area (Å²) >= 11 is 0. The van der Waals surface area contributed by atoms with E-state index in [0.717, 1.165) is 12.1 Å². The maximum Gasteiger partial charge on any atom is 0.0408 e. The Morgan fingerprint density at radius 2 is 2.08 bits per heavy atom. The van der Waals surface area contributed by atoms with Crippen molar-refractivity contribution < 1.29 is 1.43 Å².